The first-order valence-corrected chi connectivity index (χ1v) is 15.8. The highest BCUT2D eigenvalue weighted by molar-refractivity contribution is 5.70. The van der Waals surface area contributed by atoms with Gasteiger partial charge in [0.1, 0.15) is 0 Å². The molecule has 0 aliphatic carbocycles. The van der Waals surface area contributed by atoms with E-state index >= 15 is 0 Å². The van der Waals surface area contributed by atoms with Gasteiger partial charge in [0.15, 0.2) is 11.5 Å². The first kappa shape index (κ1) is 31.0. The van der Waals surface area contributed by atoms with Crippen LogP contribution < -0.4 is 10.6 Å². The molecule has 2 aromatic heterocycles. The molecule has 0 amide bonds. The Morgan fingerprint density at radius 3 is 1.39 bits per heavy atom. The van der Waals surface area contributed by atoms with Gasteiger partial charge in [-0.1, -0.05) is 58.0 Å². The highest BCUT2D eigenvalue weighted by Crippen LogP contribution is 2.32. The summed E-state index contributed by atoms with van der Waals surface area (Å²) in [6.45, 7) is 16.8. The number of anilines is 2. The highest BCUT2D eigenvalue weighted by Gasteiger charge is 2.13. The minimum atomic E-state index is 0.588. The Morgan fingerprint density at radius 1 is 0.545 bits per heavy atom. The Hall–Kier alpha value is -4.40. The summed E-state index contributed by atoms with van der Waals surface area (Å²) < 4.78 is 12.4. The molecule has 0 spiro atoms. The van der Waals surface area contributed by atoms with Crippen molar-refractivity contribution in [3.8, 4) is 45.6 Å². The van der Waals surface area contributed by atoms with Crippen molar-refractivity contribution in [3.63, 3.8) is 0 Å². The molecule has 0 bridgehead atoms. The predicted molar refractivity (Wildman–Crippen MR) is 181 cm³/mol. The second-order valence-electron chi connectivity index (χ2n) is 10.7. The van der Waals surface area contributed by atoms with Crippen molar-refractivity contribution in [2.45, 2.75) is 27.7 Å². The first-order valence-electron chi connectivity index (χ1n) is 15.8. The number of hydrogen-bond acceptors (Lipinski definition) is 8. The number of likely N-dealkylation sites (N-methyl/N-ethyl adjacent to an activating group) is 2. The summed E-state index contributed by atoms with van der Waals surface area (Å²) in [6.07, 6.45) is 3.55. The molecule has 0 aliphatic rings. The van der Waals surface area contributed by atoms with Crippen molar-refractivity contribution in [1.29, 1.82) is 0 Å². The maximum absolute atomic E-state index is 6.22. The normalized spacial score (nSPS) is 11.4. The van der Waals surface area contributed by atoms with Crippen molar-refractivity contribution >= 4 is 11.4 Å². The van der Waals surface area contributed by atoms with Gasteiger partial charge in [0, 0.05) is 59.8 Å². The summed E-state index contributed by atoms with van der Waals surface area (Å²) in [5.41, 5.74) is 5.82. The number of benzene rings is 3. The molecule has 0 unspecified atom stereocenters. The molecule has 44 heavy (non-hydrogen) atoms. The SMILES string of the molecule is CCN(CC)CCNc1cccc(-c2ncc(-c3cccc(-c4cnc(-c5cccc(NCCN(CC)CC)c5)o4)c3)o2)c1. The quantitative estimate of drug-likeness (QED) is 0.120. The molecule has 0 saturated carbocycles. The average molecular weight is 593 g/mol. The van der Waals surface area contributed by atoms with E-state index in [1.54, 1.807) is 12.4 Å². The molecular weight excluding hydrogens is 548 g/mol. The van der Waals surface area contributed by atoms with Crippen LogP contribution >= 0.6 is 0 Å². The van der Waals surface area contributed by atoms with Gasteiger partial charge in [-0.15, -0.1) is 0 Å². The van der Waals surface area contributed by atoms with Crippen molar-refractivity contribution in [2.75, 3.05) is 63.0 Å². The van der Waals surface area contributed by atoms with Gasteiger partial charge in [0.05, 0.1) is 12.4 Å². The summed E-state index contributed by atoms with van der Waals surface area (Å²) in [7, 11) is 0. The molecular formula is C36H44N6O2. The molecule has 8 heteroatoms. The summed E-state index contributed by atoms with van der Waals surface area (Å²) in [5, 5.41) is 7.04. The molecule has 5 aromatic rings. The summed E-state index contributed by atoms with van der Waals surface area (Å²) in [5.74, 6) is 2.57. The molecule has 2 N–H and O–H groups in total. The Kier molecular flexibility index (Phi) is 10.8. The molecule has 0 aliphatic heterocycles. The molecule has 3 aromatic carbocycles. The van der Waals surface area contributed by atoms with E-state index in [0.29, 0.717) is 23.3 Å². The minimum Gasteiger partial charge on any atom is -0.436 e. The summed E-state index contributed by atoms with van der Waals surface area (Å²) >= 11 is 0. The van der Waals surface area contributed by atoms with E-state index in [4.69, 9.17) is 8.83 Å². The lowest BCUT2D eigenvalue weighted by atomic mass is 10.1. The largest absolute Gasteiger partial charge is 0.436 e. The highest BCUT2D eigenvalue weighted by atomic mass is 16.4. The van der Waals surface area contributed by atoms with Crippen LogP contribution in [0.1, 0.15) is 27.7 Å². The van der Waals surface area contributed by atoms with Crippen LogP contribution in [-0.4, -0.2) is 72.1 Å². The second kappa shape index (κ2) is 15.4. The van der Waals surface area contributed by atoms with Gasteiger partial charge >= 0.3 is 0 Å². The molecule has 0 atom stereocenters. The van der Waals surface area contributed by atoms with E-state index in [0.717, 1.165) is 86.0 Å². The lowest BCUT2D eigenvalue weighted by Crippen LogP contribution is -2.28. The van der Waals surface area contributed by atoms with Crippen LogP contribution in [0.25, 0.3) is 45.6 Å². The standard InChI is InChI=1S/C36H44N6O2/c1-5-41(6-2)20-18-37-31-16-10-14-29(23-31)35-39-25-33(43-35)27-12-9-13-28(22-27)34-26-40-36(44-34)30-15-11-17-32(24-30)38-19-21-42(7-3)8-4/h9-17,22-26,37-38H,5-8,18-21H2,1-4H3. The number of hydrogen-bond donors (Lipinski definition) is 2. The van der Waals surface area contributed by atoms with E-state index in [-0.39, 0.29) is 0 Å². The lowest BCUT2D eigenvalue weighted by molar-refractivity contribution is 0.316. The van der Waals surface area contributed by atoms with E-state index in [1.165, 1.54) is 0 Å². The number of nitrogens with one attached hydrogen (secondary N) is 2. The van der Waals surface area contributed by atoms with Gasteiger partial charge in [-0.3, -0.25) is 0 Å². The Balaban J connectivity index is 1.26. The minimum absolute atomic E-state index is 0.588. The molecule has 230 valence electrons. The summed E-state index contributed by atoms with van der Waals surface area (Å²) in [4.78, 5) is 14.0. The van der Waals surface area contributed by atoms with Gasteiger partial charge in [-0.25, -0.2) is 9.97 Å². The average Bonchev–Trinajstić information content (AvgIpc) is 3.77. The maximum atomic E-state index is 6.22. The number of oxazole rings is 2. The van der Waals surface area contributed by atoms with Gasteiger partial charge in [0.25, 0.3) is 0 Å². The number of rotatable bonds is 16. The van der Waals surface area contributed by atoms with E-state index in [2.05, 4.69) is 82.4 Å². The third-order valence-corrected chi connectivity index (χ3v) is 7.97. The van der Waals surface area contributed by atoms with Gasteiger partial charge < -0.3 is 29.3 Å². The van der Waals surface area contributed by atoms with Gasteiger partial charge in [0.2, 0.25) is 11.8 Å². The van der Waals surface area contributed by atoms with Crippen LogP contribution in [0.15, 0.2) is 94.0 Å². The fourth-order valence-corrected chi connectivity index (χ4v) is 5.23. The fraction of sp³-hybridized carbons (Fsp3) is 0.333. The fourth-order valence-electron chi connectivity index (χ4n) is 5.23. The molecule has 8 nitrogen and oxygen atoms in total. The van der Waals surface area contributed by atoms with Gasteiger partial charge in [-0.05, 0) is 68.6 Å². The molecule has 2 heterocycles. The van der Waals surface area contributed by atoms with Crippen molar-refractivity contribution in [3.05, 3.63) is 85.2 Å². The van der Waals surface area contributed by atoms with E-state index in [1.807, 2.05) is 48.5 Å². The Labute approximate surface area is 261 Å². The van der Waals surface area contributed by atoms with Gasteiger partial charge in [-0.2, -0.15) is 0 Å². The zero-order valence-electron chi connectivity index (χ0n) is 26.3. The Morgan fingerprint density at radius 2 is 0.955 bits per heavy atom. The molecule has 0 fully saturated rings. The predicted octanol–water partition coefficient (Wildman–Crippen LogP) is 7.84. The van der Waals surface area contributed by atoms with Crippen molar-refractivity contribution < 1.29 is 8.83 Å². The van der Waals surface area contributed by atoms with E-state index < -0.39 is 0 Å². The Bertz CT molecular complexity index is 1490. The zero-order valence-corrected chi connectivity index (χ0v) is 26.3. The van der Waals surface area contributed by atoms with Crippen molar-refractivity contribution in [1.82, 2.24) is 19.8 Å². The number of nitrogens with zero attached hydrogens (tertiary/aromatic N) is 4. The third-order valence-electron chi connectivity index (χ3n) is 7.97. The maximum Gasteiger partial charge on any atom is 0.226 e. The lowest BCUT2D eigenvalue weighted by Gasteiger charge is -2.18. The zero-order chi connectivity index (χ0) is 30.7. The molecule has 5 rings (SSSR count). The monoisotopic (exact) mass is 592 g/mol. The van der Waals surface area contributed by atoms with Crippen LogP contribution in [0.2, 0.25) is 0 Å². The second-order valence-corrected chi connectivity index (χ2v) is 10.7. The topological polar surface area (TPSA) is 82.6 Å². The van der Waals surface area contributed by atoms with Crippen LogP contribution in [0.4, 0.5) is 11.4 Å². The number of aromatic nitrogens is 2. The van der Waals surface area contributed by atoms with Crippen LogP contribution in [-0.2, 0) is 0 Å². The van der Waals surface area contributed by atoms with Crippen LogP contribution in [0.5, 0.6) is 0 Å². The smallest absolute Gasteiger partial charge is 0.226 e. The summed E-state index contributed by atoms with van der Waals surface area (Å²) in [6, 6.07) is 24.5. The molecule has 0 radical (unpaired) electrons. The third kappa shape index (κ3) is 7.95. The molecule has 0 saturated heterocycles. The van der Waals surface area contributed by atoms with E-state index in [9.17, 15) is 0 Å². The van der Waals surface area contributed by atoms with Crippen LogP contribution in [0.3, 0.4) is 0 Å². The first-order chi connectivity index (χ1) is 21.6. The van der Waals surface area contributed by atoms with Crippen LogP contribution in [0, 0.1) is 0 Å². The van der Waals surface area contributed by atoms with Crippen molar-refractivity contribution in [2.24, 2.45) is 0 Å².